The van der Waals surface area contributed by atoms with Crippen LogP contribution in [0.3, 0.4) is 0 Å². The van der Waals surface area contributed by atoms with Gasteiger partial charge in [-0.2, -0.15) is 0 Å². The van der Waals surface area contributed by atoms with Crippen LogP contribution in [-0.2, 0) is 6.42 Å². The van der Waals surface area contributed by atoms with Crippen molar-refractivity contribution in [2.45, 2.75) is 38.6 Å². The second-order valence-corrected chi connectivity index (χ2v) is 4.37. The number of nitro benzene ring substituents is 1. The molecule has 0 heterocycles. The quantitative estimate of drug-likeness (QED) is 0.597. The maximum atomic E-state index is 10.9. The first-order valence-corrected chi connectivity index (χ1v) is 6.15. The Kier molecular flexibility index (Phi) is 5.58. The SMILES string of the molecule is CCCCC(N)Cc1ccc(OC)c([N+](=O)[O-])c1. The second-order valence-electron chi connectivity index (χ2n) is 4.37. The molecule has 0 bridgehead atoms. The third kappa shape index (κ3) is 4.00. The van der Waals surface area contributed by atoms with Gasteiger partial charge in [0.2, 0.25) is 0 Å². The van der Waals surface area contributed by atoms with Gasteiger partial charge in [-0.05, 0) is 24.5 Å². The molecule has 0 aliphatic rings. The van der Waals surface area contributed by atoms with E-state index in [4.69, 9.17) is 10.5 Å². The Labute approximate surface area is 107 Å². The molecule has 18 heavy (non-hydrogen) atoms. The molecule has 5 heteroatoms. The minimum absolute atomic E-state index is 0.00214. The molecule has 0 aliphatic heterocycles. The van der Waals surface area contributed by atoms with Crippen LogP contribution in [0.25, 0.3) is 0 Å². The molecule has 100 valence electrons. The van der Waals surface area contributed by atoms with Crippen molar-refractivity contribution in [3.8, 4) is 5.75 Å². The fourth-order valence-corrected chi connectivity index (χ4v) is 1.88. The van der Waals surface area contributed by atoms with E-state index < -0.39 is 4.92 Å². The monoisotopic (exact) mass is 252 g/mol. The number of ether oxygens (including phenoxy) is 1. The van der Waals surface area contributed by atoms with E-state index in [1.165, 1.54) is 7.11 Å². The molecule has 1 aromatic rings. The topological polar surface area (TPSA) is 78.4 Å². The fourth-order valence-electron chi connectivity index (χ4n) is 1.88. The summed E-state index contributed by atoms with van der Waals surface area (Å²) in [4.78, 5) is 10.5. The van der Waals surface area contributed by atoms with Gasteiger partial charge in [-0.1, -0.05) is 25.8 Å². The first-order valence-electron chi connectivity index (χ1n) is 6.15. The zero-order valence-electron chi connectivity index (χ0n) is 10.9. The standard InChI is InChI=1S/C13H20N2O3/c1-3-4-5-11(14)8-10-6-7-13(18-2)12(9-10)15(16)17/h6-7,9,11H,3-5,8,14H2,1-2H3. The normalized spacial score (nSPS) is 12.2. The molecule has 0 saturated heterocycles. The van der Waals surface area contributed by atoms with E-state index in [1.807, 2.05) is 6.07 Å². The average molecular weight is 252 g/mol. The largest absolute Gasteiger partial charge is 0.490 e. The van der Waals surface area contributed by atoms with E-state index in [2.05, 4.69) is 6.92 Å². The highest BCUT2D eigenvalue weighted by molar-refractivity contribution is 5.48. The third-order valence-corrected chi connectivity index (χ3v) is 2.87. The number of methoxy groups -OCH3 is 1. The molecule has 0 spiro atoms. The van der Waals surface area contributed by atoms with Crippen molar-refractivity contribution in [2.24, 2.45) is 5.73 Å². The lowest BCUT2D eigenvalue weighted by Crippen LogP contribution is -2.22. The van der Waals surface area contributed by atoms with Crippen LogP contribution >= 0.6 is 0 Å². The summed E-state index contributed by atoms with van der Waals surface area (Å²) in [5.74, 6) is 0.283. The van der Waals surface area contributed by atoms with Crippen LogP contribution in [0.1, 0.15) is 31.7 Å². The van der Waals surface area contributed by atoms with E-state index in [-0.39, 0.29) is 17.5 Å². The maximum Gasteiger partial charge on any atom is 0.311 e. The fraction of sp³-hybridized carbons (Fsp3) is 0.538. The highest BCUT2D eigenvalue weighted by atomic mass is 16.6. The average Bonchev–Trinajstić information content (AvgIpc) is 2.36. The number of nitro groups is 1. The number of nitrogens with two attached hydrogens (primary N) is 1. The van der Waals surface area contributed by atoms with E-state index in [1.54, 1.807) is 12.1 Å². The molecule has 1 atom stereocenters. The molecule has 2 N–H and O–H groups in total. The summed E-state index contributed by atoms with van der Waals surface area (Å²) in [5, 5.41) is 10.9. The number of nitrogens with zero attached hydrogens (tertiary/aromatic N) is 1. The Hall–Kier alpha value is -1.62. The van der Waals surface area contributed by atoms with Crippen LogP contribution < -0.4 is 10.5 Å². The van der Waals surface area contributed by atoms with Gasteiger partial charge >= 0.3 is 5.69 Å². The predicted octanol–water partition coefficient (Wildman–Crippen LogP) is 2.66. The number of benzene rings is 1. The number of rotatable bonds is 7. The minimum atomic E-state index is -0.431. The maximum absolute atomic E-state index is 10.9. The first kappa shape index (κ1) is 14.4. The predicted molar refractivity (Wildman–Crippen MR) is 70.9 cm³/mol. The minimum Gasteiger partial charge on any atom is -0.490 e. The van der Waals surface area contributed by atoms with Gasteiger partial charge in [0.25, 0.3) is 0 Å². The van der Waals surface area contributed by atoms with Crippen molar-refractivity contribution in [2.75, 3.05) is 7.11 Å². The Bertz CT molecular complexity index is 407. The Balaban J connectivity index is 2.78. The van der Waals surface area contributed by atoms with Gasteiger partial charge < -0.3 is 10.5 Å². The molecule has 0 fully saturated rings. The number of hydrogen-bond acceptors (Lipinski definition) is 4. The second kappa shape index (κ2) is 6.96. The van der Waals surface area contributed by atoms with E-state index in [9.17, 15) is 10.1 Å². The van der Waals surface area contributed by atoms with Crippen LogP contribution in [0.5, 0.6) is 5.75 Å². The van der Waals surface area contributed by atoms with Gasteiger partial charge in [-0.15, -0.1) is 0 Å². The van der Waals surface area contributed by atoms with Crippen LogP contribution in [0.2, 0.25) is 0 Å². The van der Waals surface area contributed by atoms with Gasteiger partial charge in [0, 0.05) is 12.1 Å². The number of hydrogen-bond donors (Lipinski definition) is 1. The Morgan fingerprint density at radius 1 is 1.50 bits per heavy atom. The van der Waals surface area contributed by atoms with Gasteiger partial charge in [-0.3, -0.25) is 10.1 Å². The molecular formula is C13H20N2O3. The molecule has 0 saturated carbocycles. The molecule has 1 rings (SSSR count). The van der Waals surface area contributed by atoms with Crippen molar-refractivity contribution < 1.29 is 9.66 Å². The zero-order valence-corrected chi connectivity index (χ0v) is 10.9. The lowest BCUT2D eigenvalue weighted by atomic mass is 10.0. The lowest BCUT2D eigenvalue weighted by Gasteiger charge is -2.11. The summed E-state index contributed by atoms with van der Waals surface area (Å²) in [6, 6.07) is 5.06. The molecule has 0 radical (unpaired) electrons. The summed E-state index contributed by atoms with van der Waals surface area (Å²) in [5.41, 5.74) is 6.87. The molecule has 0 amide bonds. The molecule has 0 aliphatic carbocycles. The van der Waals surface area contributed by atoms with Crippen molar-refractivity contribution in [1.82, 2.24) is 0 Å². The summed E-state index contributed by atoms with van der Waals surface area (Å²) in [6.45, 7) is 2.12. The van der Waals surface area contributed by atoms with Crippen molar-refractivity contribution in [3.63, 3.8) is 0 Å². The van der Waals surface area contributed by atoms with Crippen molar-refractivity contribution >= 4 is 5.69 Å². The highest BCUT2D eigenvalue weighted by Gasteiger charge is 2.16. The lowest BCUT2D eigenvalue weighted by molar-refractivity contribution is -0.385. The summed E-state index contributed by atoms with van der Waals surface area (Å²) < 4.78 is 4.96. The van der Waals surface area contributed by atoms with Crippen LogP contribution in [0.4, 0.5) is 5.69 Å². The van der Waals surface area contributed by atoms with E-state index >= 15 is 0 Å². The molecule has 1 unspecified atom stereocenters. The van der Waals surface area contributed by atoms with Crippen LogP contribution in [0, 0.1) is 10.1 Å². The first-order chi connectivity index (χ1) is 8.58. The van der Waals surface area contributed by atoms with Gasteiger partial charge in [-0.25, -0.2) is 0 Å². The van der Waals surface area contributed by atoms with Crippen molar-refractivity contribution in [1.29, 1.82) is 0 Å². The van der Waals surface area contributed by atoms with E-state index in [0.717, 1.165) is 24.8 Å². The van der Waals surface area contributed by atoms with Crippen LogP contribution in [-0.4, -0.2) is 18.1 Å². The van der Waals surface area contributed by atoms with Gasteiger partial charge in [0.15, 0.2) is 5.75 Å². The molecule has 0 aromatic heterocycles. The van der Waals surface area contributed by atoms with Crippen molar-refractivity contribution in [3.05, 3.63) is 33.9 Å². The Morgan fingerprint density at radius 2 is 2.22 bits per heavy atom. The zero-order chi connectivity index (χ0) is 13.5. The van der Waals surface area contributed by atoms with E-state index in [0.29, 0.717) is 6.42 Å². The summed E-state index contributed by atoms with van der Waals surface area (Å²) in [7, 11) is 1.43. The van der Waals surface area contributed by atoms with Gasteiger partial charge in [0.05, 0.1) is 12.0 Å². The number of unbranched alkanes of at least 4 members (excludes halogenated alkanes) is 1. The molecule has 1 aromatic carbocycles. The summed E-state index contributed by atoms with van der Waals surface area (Å²) >= 11 is 0. The Morgan fingerprint density at radius 3 is 2.78 bits per heavy atom. The third-order valence-electron chi connectivity index (χ3n) is 2.87. The van der Waals surface area contributed by atoms with Gasteiger partial charge in [0.1, 0.15) is 0 Å². The smallest absolute Gasteiger partial charge is 0.311 e. The molecular weight excluding hydrogens is 232 g/mol. The summed E-state index contributed by atoms with van der Waals surface area (Å²) in [6.07, 6.45) is 3.79. The molecule has 5 nitrogen and oxygen atoms in total. The van der Waals surface area contributed by atoms with Crippen LogP contribution in [0.15, 0.2) is 18.2 Å². The highest BCUT2D eigenvalue weighted by Crippen LogP contribution is 2.28.